The van der Waals surface area contributed by atoms with Gasteiger partial charge in [0.15, 0.2) is 17.3 Å². The van der Waals surface area contributed by atoms with Crippen LogP contribution in [-0.2, 0) is 16.1 Å². The van der Waals surface area contributed by atoms with Gasteiger partial charge in [-0.1, -0.05) is 63.9 Å². The first-order valence-electron chi connectivity index (χ1n) is 11.5. The van der Waals surface area contributed by atoms with Gasteiger partial charge in [-0.25, -0.2) is 4.79 Å². The average Bonchev–Trinajstić information content (AvgIpc) is 3.18. The second-order valence-corrected chi connectivity index (χ2v) is 9.98. The van der Waals surface area contributed by atoms with Crippen LogP contribution in [0.1, 0.15) is 39.9 Å². The Kier molecular flexibility index (Phi) is 6.84. The number of halogens is 2. The summed E-state index contributed by atoms with van der Waals surface area (Å²) in [7, 11) is 2.88. The second kappa shape index (κ2) is 10.1. The number of rotatable bonds is 6. The van der Waals surface area contributed by atoms with E-state index in [4.69, 9.17) is 25.8 Å². The zero-order valence-corrected chi connectivity index (χ0v) is 22.7. The Balaban J connectivity index is 1.60. The SMILES string of the molecule is COC(=O)C1=C(C)NC2=C(C(=O)c3ccccc32)[C@H]1c1cc(OC)c(OCc2ccc(Cl)cc2)cc1Br. The van der Waals surface area contributed by atoms with E-state index in [1.54, 1.807) is 37.4 Å². The first kappa shape index (κ1) is 25.1. The van der Waals surface area contributed by atoms with Crippen molar-refractivity contribution >= 4 is 45.0 Å². The Morgan fingerprint density at radius 2 is 1.73 bits per heavy atom. The summed E-state index contributed by atoms with van der Waals surface area (Å²) in [6.07, 6.45) is 0. The van der Waals surface area contributed by atoms with Gasteiger partial charge in [-0.15, -0.1) is 0 Å². The summed E-state index contributed by atoms with van der Waals surface area (Å²) < 4.78 is 17.5. The number of nitrogens with one attached hydrogen (secondary N) is 1. The molecule has 2 aliphatic rings. The van der Waals surface area contributed by atoms with Gasteiger partial charge >= 0.3 is 5.97 Å². The lowest BCUT2D eigenvalue weighted by Gasteiger charge is -2.30. The van der Waals surface area contributed by atoms with E-state index in [-0.39, 0.29) is 5.78 Å². The van der Waals surface area contributed by atoms with Crippen LogP contribution in [0.3, 0.4) is 0 Å². The number of ether oxygens (including phenoxy) is 3. The summed E-state index contributed by atoms with van der Waals surface area (Å²) in [6.45, 7) is 2.12. The number of fused-ring (bicyclic) bond motifs is 2. The lowest BCUT2D eigenvalue weighted by atomic mass is 9.79. The van der Waals surface area contributed by atoms with E-state index in [2.05, 4.69) is 21.2 Å². The third-order valence-electron chi connectivity index (χ3n) is 6.56. The number of methoxy groups -OCH3 is 2. The third-order valence-corrected chi connectivity index (χ3v) is 7.49. The summed E-state index contributed by atoms with van der Waals surface area (Å²) >= 11 is 9.66. The molecule has 0 aromatic heterocycles. The number of carbonyl (C=O) groups excluding carboxylic acids is 2. The van der Waals surface area contributed by atoms with E-state index >= 15 is 0 Å². The molecule has 0 saturated carbocycles. The molecule has 1 heterocycles. The molecule has 0 bridgehead atoms. The Morgan fingerprint density at radius 3 is 2.41 bits per heavy atom. The zero-order chi connectivity index (χ0) is 26.3. The Bertz CT molecular complexity index is 1490. The van der Waals surface area contributed by atoms with Crippen LogP contribution in [0.2, 0.25) is 5.02 Å². The van der Waals surface area contributed by atoms with Crippen LogP contribution in [0.25, 0.3) is 5.70 Å². The highest BCUT2D eigenvalue weighted by Crippen LogP contribution is 2.50. The first-order valence-corrected chi connectivity index (χ1v) is 12.7. The fourth-order valence-electron chi connectivity index (χ4n) is 4.81. The fraction of sp³-hybridized carbons (Fsp3) is 0.172. The number of hydrogen-bond donors (Lipinski definition) is 1. The lowest BCUT2D eigenvalue weighted by molar-refractivity contribution is -0.136. The van der Waals surface area contributed by atoms with Gasteiger partial charge in [0.2, 0.25) is 0 Å². The molecule has 8 heteroatoms. The average molecular weight is 581 g/mol. The van der Waals surface area contributed by atoms with Crippen molar-refractivity contribution in [1.29, 1.82) is 0 Å². The summed E-state index contributed by atoms with van der Waals surface area (Å²) in [5.74, 6) is -0.349. The van der Waals surface area contributed by atoms with Crippen molar-refractivity contribution in [2.75, 3.05) is 14.2 Å². The fourth-order valence-corrected chi connectivity index (χ4v) is 5.48. The van der Waals surface area contributed by atoms with Crippen molar-refractivity contribution < 1.29 is 23.8 Å². The zero-order valence-electron chi connectivity index (χ0n) is 20.4. The van der Waals surface area contributed by atoms with E-state index in [0.717, 1.165) is 11.1 Å². The topological polar surface area (TPSA) is 73.9 Å². The molecule has 3 aromatic rings. The Hall–Kier alpha value is -3.55. The number of dihydropyridines is 1. The van der Waals surface area contributed by atoms with Gasteiger partial charge in [0.1, 0.15) is 6.61 Å². The number of benzene rings is 3. The summed E-state index contributed by atoms with van der Waals surface area (Å²) in [5.41, 5.74) is 5.20. The van der Waals surface area contributed by atoms with Crippen molar-refractivity contribution in [1.82, 2.24) is 5.32 Å². The standard InChI is InChI=1S/C29H23BrClNO5/c1-15-24(29(34)36-3)25(26-27(32-15)18-6-4-5-7-19(18)28(26)33)20-12-22(35-2)23(13-21(20)30)37-14-16-8-10-17(31)11-9-16/h4-13,25,32H,14H2,1-3H3/t25-/m0/s1. The first-order chi connectivity index (χ1) is 17.8. The number of ketones is 1. The number of hydrogen-bond acceptors (Lipinski definition) is 6. The van der Waals surface area contributed by atoms with Crippen molar-refractivity contribution in [3.8, 4) is 11.5 Å². The molecular weight excluding hydrogens is 558 g/mol. The van der Waals surface area contributed by atoms with Crippen LogP contribution in [-0.4, -0.2) is 26.0 Å². The summed E-state index contributed by atoms with van der Waals surface area (Å²) in [4.78, 5) is 26.7. The molecule has 5 rings (SSSR count). The van der Waals surface area contributed by atoms with E-state index in [1.807, 2.05) is 37.3 Å². The monoisotopic (exact) mass is 579 g/mol. The highest BCUT2D eigenvalue weighted by atomic mass is 79.9. The number of esters is 1. The predicted molar refractivity (Wildman–Crippen MR) is 145 cm³/mol. The molecule has 0 radical (unpaired) electrons. The highest BCUT2D eigenvalue weighted by molar-refractivity contribution is 9.10. The van der Waals surface area contributed by atoms with Gasteiger partial charge < -0.3 is 19.5 Å². The van der Waals surface area contributed by atoms with Crippen molar-refractivity contribution in [2.24, 2.45) is 0 Å². The minimum atomic E-state index is -0.683. The molecule has 0 amide bonds. The molecular formula is C29H23BrClNO5. The number of allylic oxidation sites excluding steroid dienone is 2. The van der Waals surface area contributed by atoms with Gasteiger partial charge in [-0.05, 0) is 42.3 Å². The third kappa shape index (κ3) is 4.43. The molecule has 1 N–H and O–H groups in total. The van der Waals surface area contributed by atoms with Crippen LogP contribution in [0.4, 0.5) is 0 Å². The van der Waals surface area contributed by atoms with Crippen LogP contribution in [0.5, 0.6) is 11.5 Å². The van der Waals surface area contributed by atoms with Crippen LogP contribution in [0.15, 0.2) is 82.0 Å². The van der Waals surface area contributed by atoms with Gasteiger partial charge in [-0.2, -0.15) is 0 Å². The van der Waals surface area contributed by atoms with Crippen molar-refractivity contribution in [3.63, 3.8) is 0 Å². The Morgan fingerprint density at radius 1 is 1.03 bits per heavy atom. The molecule has 0 spiro atoms. The van der Waals surface area contributed by atoms with Gasteiger partial charge in [0.05, 0.1) is 31.4 Å². The minimum Gasteiger partial charge on any atom is -0.493 e. The molecule has 37 heavy (non-hydrogen) atoms. The predicted octanol–water partition coefficient (Wildman–Crippen LogP) is 6.43. The van der Waals surface area contributed by atoms with E-state index in [0.29, 0.717) is 61.3 Å². The molecule has 3 aromatic carbocycles. The largest absolute Gasteiger partial charge is 0.493 e. The molecule has 1 atom stereocenters. The maximum Gasteiger partial charge on any atom is 0.336 e. The molecule has 188 valence electrons. The minimum absolute atomic E-state index is 0.133. The van der Waals surface area contributed by atoms with Crippen molar-refractivity contribution in [2.45, 2.75) is 19.4 Å². The smallest absolute Gasteiger partial charge is 0.336 e. The van der Waals surface area contributed by atoms with Gasteiger partial charge in [-0.3, -0.25) is 4.79 Å². The number of Topliss-reactive ketones (excluding diaryl/α,β-unsaturated/α-hetero) is 1. The van der Waals surface area contributed by atoms with Crippen LogP contribution in [0, 0.1) is 0 Å². The molecule has 1 aliphatic heterocycles. The normalized spacial score (nSPS) is 16.2. The maximum absolute atomic E-state index is 13.6. The summed E-state index contributed by atoms with van der Waals surface area (Å²) in [6, 6.07) is 18.4. The molecule has 6 nitrogen and oxygen atoms in total. The molecule has 1 aliphatic carbocycles. The van der Waals surface area contributed by atoms with E-state index in [9.17, 15) is 9.59 Å². The van der Waals surface area contributed by atoms with Crippen LogP contribution >= 0.6 is 27.5 Å². The quantitative estimate of drug-likeness (QED) is 0.339. The lowest BCUT2D eigenvalue weighted by Crippen LogP contribution is -2.29. The Labute approximate surface area is 228 Å². The van der Waals surface area contributed by atoms with E-state index < -0.39 is 11.9 Å². The van der Waals surface area contributed by atoms with Gasteiger partial charge in [0.25, 0.3) is 0 Å². The highest BCUT2D eigenvalue weighted by Gasteiger charge is 2.43. The second-order valence-electron chi connectivity index (χ2n) is 8.69. The number of carbonyl (C=O) groups is 2. The van der Waals surface area contributed by atoms with Gasteiger partial charge in [0, 0.05) is 31.9 Å². The molecule has 0 unspecified atom stereocenters. The molecule has 0 saturated heterocycles. The summed E-state index contributed by atoms with van der Waals surface area (Å²) in [5, 5.41) is 3.94. The van der Waals surface area contributed by atoms with Crippen molar-refractivity contribution in [3.05, 3.63) is 109 Å². The van der Waals surface area contributed by atoms with Crippen LogP contribution < -0.4 is 14.8 Å². The van der Waals surface area contributed by atoms with E-state index in [1.165, 1.54) is 7.11 Å². The molecule has 0 fully saturated rings. The maximum atomic E-state index is 13.6.